The minimum atomic E-state index is -3.81. The number of esters is 1. The van der Waals surface area contributed by atoms with E-state index in [1.165, 1.54) is 44.4 Å². The third-order valence-electron chi connectivity index (χ3n) is 3.62. The highest BCUT2D eigenvalue weighted by Crippen LogP contribution is 2.28. The smallest absolute Gasteiger partial charge is 0.340 e. The maximum absolute atomic E-state index is 12.3. The second-order valence-electron chi connectivity index (χ2n) is 5.91. The predicted octanol–water partition coefficient (Wildman–Crippen LogP) is 3.27. The van der Waals surface area contributed by atoms with Gasteiger partial charge in [0, 0.05) is 24.8 Å². The fraction of sp³-hybridized carbons (Fsp3) is 0.176. The average Bonchev–Trinajstić information content (AvgIpc) is 2.64. The summed E-state index contributed by atoms with van der Waals surface area (Å²) in [6.07, 6.45) is 0. The van der Waals surface area contributed by atoms with Crippen LogP contribution < -0.4 is 11.1 Å². The van der Waals surface area contributed by atoms with Gasteiger partial charge >= 0.3 is 5.97 Å². The van der Waals surface area contributed by atoms with Crippen molar-refractivity contribution in [3.05, 3.63) is 51.0 Å². The number of carbonyl (C=O) groups excluding carboxylic acids is 2. The van der Waals surface area contributed by atoms with Crippen molar-refractivity contribution in [3.63, 3.8) is 0 Å². The zero-order valence-electron chi connectivity index (χ0n) is 15.2. The third-order valence-corrected chi connectivity index (χ3v) is 6.45. The number of anilines is 2. The molecule has 0 unspecified atom stereocenters. The lowest BCUT2D eigenvalue weighted by atomic mass is 10.2. The van der Waals surface area contributed by atoms with Crippen molar-refractivity contribution < 1.29 is 22.7 Å². The summed E-state index contributed by atoms with van der Waals surface area (Å²) in [5.74, 6) is -1.60. The van der Waals surface area contributed by atoms with Crippen LogP contribution in [0, 0.1) is 0 Å². The van der Waals surface area contributed by atoms with Crippen LogP contribution in [0.25, 0.3) is 0 Å². The number of halogens is 3. The molecule has 0 saturated carbocycles. The van der Waals surface area contributed by atoms with Crippen LogP contribution in [0.5, 0.6) is 0 Å². The van der Waals surface area contributed by atoms with E-state index in [1.807, 2.05) is 0 Å². The molecule has 0 aromatic heterocycles. The van der Waals surface area contributed by atoms with Gasteiger partial charge in [0.05, 0.1) is 21.3 Å². The maximum atomic E-state index is 12.3. The number of nitrogen functional groups attached to an aromatic ring is 1. The highest BCUT2D eigenvalue weighted by molar-refractivity contribution is 7.89. The number of rotatable bonds is 6. The number of nitrogens with two attached hydrogens (primary N) is 1. The summed E-state index contributed by atoms with van der Waals surface area (Å²) in [4.78, 5) is 24.0. The fourth-order valence-corrected chi connectivity index (χ4v) is 4.02. The molecule has 3 N–H and O–H groups in total. The van der Waals surface area contributed by atoms with Crippen molar-refractivity contribution in [2.75, 3.05) is 31.8 Å². The lowest BCUT2D eigenvalue weighted by molar-refractivity contribution is -0.119. The summed E-state index contributed by atoms with van der Waals surface area (Å²) in [5.41, 5.74) is 5.75. The molecule has 2 rings (SSSR count). The Hall–Kier alpha value is -2.04. The van der Waals surface area contributed by atoms with E-state index in [9.17, 15) is 18.0 Å². The number of hydrogen-bond donors (Lipinski definition) is 2. The van der Waals surface area contributed by atoms with E-state index in [1.54, 1.807) is 0 Å². The van der Waals surface area contributed by atoms with E-state index in [2.05, 4.69) is 5.32 Å². The molecular formula is C17H16Cl3N3O5S. The Morgan fingerprint density at radius 1 is 1.10 bits per heavy atom. The van der Waals surface area contributed by atoms with Gasteiger partial charge in [0.25, 0.3) is 5.91 Å². The number of carbonyl (C=O) groups is 2. The van der Waals surface area contributed by atoms with E-state index < -0.39 is 28.5 Å². The van der Waals surface area contributed by atoms with Crippen molar-refractivity contribution in [3.8, 4) is 0 Å². The number of ether oxygens (including phenoxy) is 1. The molecule has 8 nitrogen and oxygen atoms in total. The first-order chi connectivity index (χ1) is 13.4. The van der Waals surface area contributed by atoms with E-state index in [4.69, 9.17) is 45.3 Å². The molecule has 0 atom stereocenters. The van der Waals surface area contributed by atoms with Crippen molar-refractivity contribution in [1.82, 2.24) is 4.31 Å². The molecule has 2 aromatic rings. The highest BCUT2D eigenvalue weighted by Gasteiger charge is 2.22. The van der Waals surface area contributed by atoms with E-state index in [0.717, 1.165) is 4.31 Å². The zero-order valence-corrected chi connectivity index (χ0v) is 18.3. The number of hydrogen-bond acceptors (Lipinski definition) is 6. The molecular weight excluding hydrogens is 465 g/mol. The van der Waals surface area contributed by atoms with Crippen molar-refractivity contribution >= 4 is 68.1 Å². The van der Waals surface area contributed by atoms with Gasteiger partial charge < -0.3 is 15.8 Å². The van der Waals surface area contributed by atoms with Crippen LogP contribution in [-0.4, -0.2) is 45.3 Å². The van der Waals surface area contributed by atoms with Gasteiger partial charge in [0.1, 0.15) is 4.90 Å². The molecule has 0 aliphatic heterocycles. The SMILES string of the molecule is CN(C)S(=O)(=O)c1cc(NC(=O)COC(=O)c2cc(Cl)cc(Cl)c2N)ccc1Cl. The molecule has 0 aliphatic rings. The van der Waals surface area contributed by atoms with E-state index in [-0.39, 0.29) is 36.9 Å². The van der Waals surface area contributed by atoms with Crippen LogP contribution in [-0.2, 0) is 19.6 Å². The number of benzene rings is 2. The second kappa shape index (κ2) is 9.19. The molecule has 0 bridgehead atoms. The van der Waals surface area contributed by atoms with E-state index >= 15 is 0 Å². The summed E-state index contributed by atoms with van der Waals surface area (Å²) in [5, 5.41) is 2.67. The van der Waals surface area contributed by atoms with Crippen molar-refractivity contribution in [2.45, 2.75) is 4.90 Å². The molecule has 0 spiro atoms. The number of sulfonamides is 1. The van der Waals surface area contributed by atoms with Gasteiger partial charge in [-0.2, -0.15) is 0 Å². The normalized spacial score (nSPS) is 11.4. The Bertz CT molecular complexity index is 1070. The van der Waals surface area contributed by atoms with Crippen LogP contribution in [0.3, 0.4) is 0 Å². The lowest BCUT2D eigenvalue weighted by Gasteiger charge is -2.14. The zero-order chi connectivity index (χ0) is 21.9. The molecule has 0 aliphatic carbocycles. The lowest BCUT2D eigenvalue weighted by Crippen LogP contribution is -2.24. The van der Waals surface area contributed by atoms with Gasteiger partial charge in [0.2, 0.25) is 10.0 Å². The maximum Gasteiger partial charge on any atom is 0.340 e. The van der Waals surface area contributed by atoms with Gasteiger partial charge in [-0.05, 0) is 30.3 Å². The first-order valence-corrected chi connectivity index (χ1v) is 10.4. The number of nitrogens with zero attached hydrogens (tertiary/aromatic N) is 1. The van der Waals surface area contributed by atoms with Crippen LogP contribution >= 0.6 is 34.8 Å². The standard InChI is InChI=1S/C17H16Cl3N3O5S/c1-23(2)29(26,27)14-7-10(3-4-12(14)19)22-15(24)8-28-17(25)11-5-9(18)6-13(20)16(11)21/h3-7H,8,21H2,1-2H3,(H,22,24). The summed E-state index contributed by atoms with van der Waals surface area (Å²) < 4.78 is 30.5. The highest BCUT2D eigenvalue weighted by atomic mass is 35.5. The van der Waals surface area contributed by atoms with Crippen molar-refractivity contribution in [2.24, 2.45) is 0 Å². The quantitative estimate of drug-likeness (QED) is 0.484. The molecule has 0 fully saturated rings. The summed E-state index contributed by atoms with van der Waals surface area (Å²) in [6.45, 7) is -0.652. The summed E-state index contributed by atoms with van der Waals surface area (Å²) in [6, 6.07) is 6.56. The van der Waals surface area contributed by atoms with Crippen molar-refractivity contribution in [1.29, 1.82) is 0 Å². The van der Waals surface area contributed by atoms with Crippen LogP contribution in [0.2, 0.25) is 15.1 Å². The van der Waals surface area contributed by atoms with Gasteiger partial charge in [0.15, 0.2) is 6.61 Å². The van der Waals surface area contributed by atoms with Gasteiger partial charge in [-0.1, -0.05) is 34.8 Å². The minimum Gasteiger partial charge on any atom is -0.452 e. The largest absolute Gasteiger partial charge is 0.452 e. The first kappa shape index (κ1) is 23.2. The van der Waals surface area contributed by atoms with Crippen LogP contribution in [0.15, 0.2) is 35.2 Å². The first-order valence-electron chi connectivity index (χ1n) is 7.87. The fourth-order valence-electron chi connectivity index (χ4n) is 2.14. The molecule has 0 heterocycles. The molecule has 1 amide bonds. The monoisotopic (exact) mass is 479 g/mol. The Kier molecular flexibility index (Phi) is 7.36. The van der Waals surface area contributed by atoms with E-state index in [0.29, 0.717) is 0 Å². The summed E-state index contributed by atoms with van der Waals surface area (Å²) >= 11 is 17.6. The Morgan fingerprint density at radius 2 is 1.76 bits per heavy atom. The second-order valence-corrected chi connectivity index (χ2v) is 9.28. The topological polar surface area (TPSA) is 119 Å². The van der Waals surface area contributed by atoms with Crippen LogP contribution in [0.4, 0.5) is 11.4 Å². The molecule has 0 saturated heterocycles. The third kappa shape index (κ3) is 5.52. The minimum absolute atomic E-state index is 0.00330. The summed E-state index contributed by atoms with van der Waals surface area (Å²) in [7, 11) is -1.11. The number of amides is 1. The Balaban J connectivity index is 2.10. The molecule has 29 heavy (non-hydrogen) atoms. The molecule has 156 valence electrons. The molecule has 0 radical (unpaired) electrons. The van der Waals surface area contributed by atoms with Gasteiger partial charge in [-0.25, -0.2) is 17.5 Å². The average molecular weight is 481 g/mol. The molecule has 12 heteroatoms. The Morgan fingerprint density at radius 3 is 2.38 bits per heavy atom. The van der Waals surface area contributed by atoms with Gasteiger partial charge in [-0.15, -0.1) is 0 Å². The predicted molar refractivity (Wildman–Crippen MR) is 112 cm³/mol. The van der Waals surface area contributed by atoms with Crippen LogP contribution in [0.1, 0.15) is 10.4 Å². The van der Waals surface area contributed by atoms with Gasteiger partial charge in [-0.3, -0.25) is 4.79 Å². The number of nitrogens with one attached hydrogen (secondary N) is 1. The molecule has 2 aromatic carbocycles. The Labute approximate surface area is 182 Å².